The Morgan fingerprint density at radius 2 is 1.61 bits per heavy atom. The fourth-order valence-corrected chi connectivity index (χ4v) is 5.24. The number of nitrogens with one attached hydrogen (secondary N) is 1. The van der Waals surface area contributed by atoms with E-state index in [0.717, 1.165) is 18.4 Å². The second kappa shape index (κ2) is 8.55. The van der Waals surface area contributed by atoms with Crippen molar-refractivity contribution in [3.05, 3.63) is 106 Å². The van der Waals surface area contributed by atoms with Crippen molar-refractivity contribution in [3.8, 4) is 23.0 Å². The third-order valence-electron chi connectivity index (χ3n) is 7.00. The van der Waals surface area contributed by atoms with Crippen molar-refractivity contribution in [2.75, 3.05) is 11.1 Å². The second-order valence-electron chi connectivity index (χ2n) is 9.38. The minimum atomic E-state index is -1.45. The molecule has 8 heteroatoms. The number of rotatable bonds is 4. The van der Waals surface area contributed by atoms with Gasteiger partial charge in [0.2, 0.25) is 0 Å². The van der Waals surface area contributed by atoms with Gasteiger partial charge in [-0.25, -0.2) is 4.79 Å². The summed E-state index contributed by atoms with van der Waals surface area (Å²) in [7, 11) is 0. The topological polar surface area (TPSA) is 131 Å². The van der Waals surface area contributed by atoms with Gasteiger partial charge in [-0.3, -0.25) is 4.79 Å². The minimum Gasteiger partial charge on any atom is -0.508 e. The summed E-state index contributed by atoms with van der Waals surface area (Å²) in [6.45, 7) is 2.06. The van der Waals surface area contributed by atoms with Crippen molar-refractivity contribution >= 4 is 23.3 Å². The number of carbonyl (C=O) groups is 2. The van der Waals surface area contributed by atoms with Crippen LogP contribution in [-0.4, -0.2) is 22.1 Å². The van der Waals surface area contributed by atoms with E-state index in [1.54, 1.807) is 36.4 Å². The highest BCUT2D eigenvalue weighted by Crippen LogP contribution is 2.57. The van der Waals surface area contributed by atoms with Crippen LogP contribution in [0.5, 0.6) is 23.0 Å². The van der Waals surface area contributed by atoms with Crippen molar-refractivity contribution in [1.29, 1.82) is 0 Å². The average molecular weight is 509 g/mol. The standard InChI is InChI=1S/C30H24N2O6/c1-2-4-16-5-3-6-24(27(16)31)32-28(35)17-7-10-20-23(13-17)30(38-29(20)36)21-11-8-18(33)14-25(21)37-26-15-19(34)9-12-22(26)30/h3,5-15,33-34H,2,4,31H2,1H3,(H,32,35). The molecule has 0 unspecified atom stereocenters. The Kier molecular flexibility index (Phi) is 5.27. The van der Waals surface area contributed by atoms with Crippen LogP contribution >= 0.6 is 0 Å². The number of para-hydroxylation sites is 1. The molecule has 0 saturated carbocycles. The number of phenols is 2. The van der Waals surface area contributed by atoms with Crippen LogP contribution in [0.1, 0.15) is 56.3 Å². The van der Waals surface area contributed by atoms with Gasteiger partial charge in [0.25, 0.3) is 5.91 Å². The number of esters is 1. The van der Waals surface area contributed by atoms with Crippen LogP contribution in [0.25, 0.3) is 0 Å². The molecular formula is C30H24N2O6. The van der Waals surface area contributed by atoms with Gasteiger partial charge in [0.15, 0.2) is 5.60 Å². The molecule has 0 saturated heterocycles. The molecule has 4 aromatic rings. The molecule has 2 aliphatic rings. The van der Waals surface area contributed by atoms with Gasteiger partial charge < -0.3 is 30.7 Å². The molecule has 0 fully saturated rings. The van der Waals surface area contributed by atoms with Crippen molar-refractivity contribution in [1.82, 2.24) is 0 Å². The Morgan fingerprint density at radius 1 is 0.921 bits per heavy atom. The number of carbonyl (C=O) groups excluding carboxylic acids is 2. The van der Waals surface area contributed by atoms with Gasteiger partial charge >= 0.3 is 5.97 Å². The van der Waals surface area contributed by atoms with E-state index in [2.05, 4.69) is 12.2 Å². The number of aryl methyl sites for hydroxylation is 1. The Balaban J connectivity index is 1.49. The lowest BCUT2D eigenvalue weighted by Crippen LogP contribution is -2.33. The first-order valence-electron chi connectivity index (χ1n) is 12.2. The molecule has 5 N–H and O–H groups in total. The number of nitrogens with two attached hydrogens (primary N) is 1. The fraction of sp³-hybridized carbons (Fsp3) is 0.133. The zero-order chi connectivity index (χ0) is 26.6. The highest BCUT2D eigenvalue weighted by molar-refractivity contribution is 6.07. The quantitative estimate of drug-likeness (QED) is 0.213. The molecular weight excluding hydrogens is 484 g/mol. The molecule has 190 valence electrons. The van der Waals surface area contributed by atoms with Crippen LogP contribution in [0.3, 0.4) is 0 Å². The number of amides is 1. The summed E-state index contributed by atoms with van der Waals surface area (Å²) >= 11 is 0. The van der Waals surface area contributed by atoms with Crippen LogP contribution in [0.15, 0.2) is 72.8 Å². The van der Waals surface area contributed by atoms with E-state index in [4.69, 9.17) is 15.2 Å². The van der Waals surface area contributed by atoms with Crippen molar-refractivity contribution in [2.45, 2.75) is 25.4 Å². The number of hydrogen-bond acceptors (Lipinski definition) is 7. The lowest BCUT2D eigenvalue weighted by atomic mass is 9.77. The number of fused-ring (bicyclic) bond motifs is 6. The second-order valence-corrected chi connectivity index (χ2v) is 9.38. The summed E-state index contributed by atoms with van der Waals surface area (Å²) in [5.41, 5.74) is 8.86. The van der Waals surface area contributed by atoms with Crippen LogP contribution in [0.2, 0.25) is 0 Å². The minimum absolute atomic E-state index is 0.0388. The average Bonchev–Trinajstić information content (AvgIpc) is 3.18. The highest BCUT2D eigenvalue weighted by Gasteiger charge is 2.53. The van der Waals surface area contributed by atoms with Gasteiger partial charge in [0, 0.05) is 34.4 Å². The number of nitrogen functional groups attached to an aromatic ring is 1. The molecule has 6 rings (SSSR count). The maximum Gasteiger partial charge on any atom is 0.340 e. The molecule has 1 spiro atoms. The largest absolute Gasteiger partial charge is 0.508 e. The van der Waals surface area contributed by atoms with Gasteiger partial charge in [-0.1, -0.05) is 25.5 Å². The SMILES string of the molecule is CCCc1cccc(NC(=O)c2ccc3c(c2)C2(OC3=O)c3ccc(O)cc3Oc3cc(O)ccc32)c1N. The maximum absolute atomic E-state index is 13.4. The van der Waals surface area contributed by atoms with Gasteiger partial charge in [0.1, 0.15) is 23.0 Å². The molecule has 2 heterocycles. The predicted molar refractivity (Wildman–Crippen MR) is 141 cm³/mol. The monoisotopic (exact) mass is 508 g/mol. The summed E-state index contributed by atoms with van der Waals surface area (Å²) < 4.78 is 12.0. The molecule has 0 aromatic heterocycles. The molecule has 0 aliphatic carbocycles. The number of aromatic hydroxyl groups is 2. The zero-order valence-corrected chi connectivity index (χ0v) is 20.4. The summed E-state index contributed by atoms with van der Waals surface area (Å²) in [5.74, 6) is -0.514. The van der Waals surface area contributed by atoms with Crippen LogP contribution in [0, 0.1) is 0 Å². The number of benzene rings is 4. The van der Waals surface area contributed by atoms with Gasteiger partial charge in [-0.15, -0.1) is 0 Å². The Bertz CT molecular complexity index is 1590. The number of anilines is 2. The normalized spacial score (nSPS) is 14.2. The first-order valence-corrected chi connectivity index (χ1v) is 12.2. The third kappa shape index (κ3) is 3.45. The predicted octanol–water partition coefficient (Wildman–Crippen LogP) is 5.45. The lowest BCUT2D eigenvalue weighted by molar-refractivity contribution is 0.0224. The first-order chi connectivity index (χ1) is 18.3. The molecule has 0 atom stereocenters. The number of ether oxygens (including phenoxy) is 2. The van der Waals surface area contributed by atoms with Gasteiger partial charge in [0.05, 0.1) is 16.9 Å². The van der Waals surface area contributed by atoms with Crippen LogP contribution < -0.4 is 15.8 Å². The Labute approximate surface area is 218 Å². The van der Waals surface area contributed by atoms with E-state index < -0.39 is 17.5 Å². The van der Waals surface area contributed by atoms with E-state index in [1.165, 1.54) is 24.3 Å². The van der Waals surface area contributed by atoms with E-state index in [9.17, 15) is 19.8 Å². The van der Waals surface area contributed by atoms with E-state index >= 15 is 0 Å². The Hall–Kier alpha value is -4.98. The number of hydrogen-bond donors (Lipinski definition) is 4. The van der Waals surface area contributed by atoms with Crippen molar-refractivity contribution in [2.24, 2.45) is 0 Å². The molecule has 2 aliphatic heterocycles. The summed E-state index contributed by atoms with van der Waals surface area (Å²) in [6.07, 6.45) is 1.72. The van der Waals surface area contributed by atoms with E-state index in [-0.39, 0.29) is 23.0 Å². The molecule has 1 amide bonds. The molecule has 8 nitrogen and oxygen atoms in total. The molecule has 4 aromatic carbocycles. The third-order valence-corrected chi connectivity index (χ3v) is 7.00. The zero-order valence-electron chi connectivity index (χ0n) is 20.4. The number of phenolic OH excluding ortho intramolecular Hbond substituents is 2. The summed E-state index contributed by atoms with van der Waals surface area (Å²) in [6, 6.07) is 19.3. The van der Waals surface area contributed by atoms with Gasteiger partial charge in [-0.2, -0.15) is 0 Å². The van der Waals surface area contributed by atoms with Crippen molar-refractivity contribution in [3.63, 3.8) is 0 Å². The van der Waals surface area contributed by atoms with E-state index in [1.807, 2.05) is 12.1 Å². The Morgan fingerprint density at radius 3 is 2.26 bits per heavy atom. The fourth-order valence-electron chi connectivity index (χ4n) is 5.24. The smallest absolute Gasteiger partial charge is 0.340 e. The summed E-state index contributed by atoms with van der Waals surface area (Å²) in [5, 5.41) is 23.1. The molecule has 38 heavy (non-hydrogen) atoms. The van der Waals surface area contributed by atoms with Crippen LogP contribution in [0.4, 0.5) is 11.4 Å². The molecule has 0 radical (unpaired) electrons. The van der Waals surface area contributed by atoms with E-state index in [0.29, 0.717) is 39.2 Å². The highest BCUT2D eigenvalue weighted by atomic mass is 16.6. The maximum atomic E-state index is 13.4. The van der Waals surface area contributed by atoms with Gasteiger partial charge in [-0.05, 0) is 60.5 Å². The van der Waals surface area contributed by atoms with Crippen molar-refractivity contribution < 1.29 is 29.3 Å². The lowest BCUT2D eigenvalue weighted by Gasteiger charge is -2.36. The van der Waals surface area contributed by atoms with Crippen LogP contribution in [-0.2, 0) is 16.8 Å². The first kappa shape index (κ1) is 23.4. The molecule has 0 bridgehead atoms. The summed E-state index contributed by atoms with van der Waals surface area (Å²) in [4.78, 5) is 26.5.